The highest BCUT2D eigenvalue weighted by Gasteiger charge is 2.39. The summed E-state index contributed by atoms with van der Waals surface area (Å²) in [6.07, 6.45) is 5.56. The van der Waals surface area contributed by atoms with Crippen molar-refractivity contribution in [2.75, 3.05) is 51.7 Å². The number of benzene rings is 2. The van der Waals surface area contributed by atoms with Gasteiger partial charge in [0.15, 0.2) is 6.10 Å². The average molecular weight is 688 g/mol. The quantitative estimate of drug-likeness (QED) is 0.389. The van der Waals surface area contributed by atoms with E-state index in [0.717, 1.165) is 92.7 Å². The number of aromatic hydroxyl groups is 1. The minimum atomic E-state index is -0.994. The number of anilines is 1. The van der Waals surface area contributed by atoms with Crippen LogP contribution in [0.25, 0.3) is 0 Å². The van der Waals surface area contributed by atoms with Crippen molar-refractivity contribution in [3.05, 3.63) is 71.1 Å². The third-order valence-electron chi connectivity index (χ3n) is 11.2. The van der Waals surface area contributed by atoms with E-state index >= 15 is 0 Å². The van der Waals surface area contributed by atoms with Gasteiger partial charge in [-0.25, -0.2) is 4.79 Å². The monoisotopic (exact) mass is 687 g/mol. The summed E-state index contributed by atoms with van der Waals surface area (Å²) in [6.45, 7) is 11.8. The zero-order chi connectivity index (χ0) is 35.4. The molecule has 270 valence electrons. The van der Waals surface area contributed by atoms with E-state index in [1.54, 1.807) is 4.90 Å². The van der Waals surface area contributed by atoms with Crippen LogP contribution in [0.3, 0.4) is 0 Å². The highest BCUT2D eigenvalue weighted by Crippen LogP contribution is 2.30. The highest BCUT2D eigenvalue weighted by atomic mass is 16.6. The summed E-state index contributed by atoms with van der Waals surface area (Å²) in [6, 6.07) is 12.2. The SMILES string of the molecule is C=C1Nc2ccccc2CCN1C1CCN(C(=O)O[C@H](Cc2cc(C)c(O)c(C)c2)C(=O)N2CCC(N3CCCC[C@H]3C(=O)OC)CC2)CC1. The molecule has 2 aromatic carbocycles. The van der Waals surface area contributed by atoms with E-state index in [0.29, 0.717) is 26.2 Å². The number of phenolic OH excluding ortho intramolecular Hbond substituents is 1. The third-order valence-corrected chi connectivity index (χ3v) is 11.2. The number of amides is 2. The first-order chi connectivity index (χ1) is 24.1. The van der Waals surface area contributed by atoms with Crippen LogP contribution in [-0.2, 0) is 31.9 Å². The minimum absolute atomic E-state index is 0.183. The Morgan fingerprint density at radius 2 is 1.56 bits per heavy atom. The van der Waals surface area contributed by atoms with Gasteiger partial charge in [0.1, 0.15) is 11.8 Å². The number of likely N-dealkylation sites (tertiary alicyclic amines) is 3. The van der Waals surface area contributed by atoms with Gasteiger partial charge in [-0.05, 0) is 93.7 Å². The molecular weight excluding hydrogens is 634 g/mol. The molecule has 0 aromatic heterocycles. The maximum atomic E-state index is 14.2. The molecule has 6 rings (SSSR count). The van der Waals surface area contributed by atoms with Crippen LogP contribution in [0.15, 0.2) is 48.8 Å². The standard InChI is InChI=1S/C39H53N5O6/c1-26-23-29(24-27(2)36(26)45)25-35(37(46)41-18-13-32(14-19-41)44-17-8-7-11-34(44)38(47)49-4)50-39(48)42-20-15-31(16-21-42)43-22-12-30-9-5-6-10-33(30)40-28(43)3/h5-6,9-10,23-24,31-32,34-35,40,45H,3,7-8,11-22,25H2,1-2,4H3/t34-,35+/m0/s1. The Hall–Kier alpha value is -4.25. The molecule has 0 bridgehead atoms. The molecule has 50 heavy (non-hydrogen) atoms. The molecule has 0 spiro atoms. The van der Waals surface area contributed by atoms with Crippen molar-refractivity contribution in [1.29, 1.82) is 0 Å². The Balaban J connectivity index is 1.09. The van der Waals surface area contributed by atoms with Gasteiger partial charge in [-0.15, -0.1) is 0 Å². The number of carbonyl (C=O) groups excluding carboxylic acids is 3. The van der Waals surface area contributed by atoms with E-state index in [2.05, 4.69) is 39.9 Å². The molecule has 4 aliphatic rings. The molecule has 3 saturated heterocycles. The fraction of sp³-hybridized carbons (Fsp3) is 0.564. The van der Waals surface area contributed by atoms with Crippen molar-refractivity contribution >= 4 is 23.7 Å². The number of aryl methyl sites for hydroxylation is 2. The second-order valence-corrected chi connectivity index (χ2v) is 14.4. The lowest BCUT2D eigenvalue weighted by molar-refractivity contribution is -0.151. The van der Waals surface area contributed by atoms with Crippen LogP contribution in [0.1, 0.15) is 67.2 Å². The summed E-state index contributed by atoms with van der Waals surface area (Å²) in [5, 5.41) is 13.9. The second-order valence-electron chi connectivity index (χ2n) is 14.4. The van der Waals surface area contributed by atoms with E-state index in [9.17, 15) is 19.5 Å². The Kier molecular flexibility index (Phi) is 11.2. The third kappa shape index (κ3) is 7.88. The minimum Gasteiger partial charge on any atom is -0.507 e. The van der Waals surface area contributed by atoms with Crippen LogP contribution >= 0.6 is 0 Å². The number of phenols is 1. The van der Waals surface area contributed by atoms with Crippen molar-refractivity contribution < 1.29 is 29.0 Å². The summed E-state index contributed by atoms with van der Waals surface area (Å²) < 4.78 is 11.2. The van der Waals surface area contributed by atoms with Crippen molar-refractivity contribution in [1.82, 2.24) is 19.6 Å². The second kappa shape index (κ2) is 15.7. The smallest absolute Gasteiger partial charge is 0.410 e. The number of fused-ring (bicyclic) bond motifs is 1. The number of esters is 1. The molecule has 0 radical (unpaired) electrons. The van der Waals surface area contributed by atoms with Crippen molar-refractivity contribution in [3.63, 3.8) is 0 Å². The molecule has 0 aliphatic carbocycles. The van der Waals surface area contributed by atoms with Gasteiger partial charge in [0.25, 0.3) is 5.91 Å². The first-order valence-corrected chi connectivity index (χ1v) is 18.3. The number of ether oxygens (including phenoxy) is 2. The molecule has 2 atom stereocenters. The lowest BCUT2D eigenvalue weighted by atomic mass is 9.94. The van der Waals surface area contributed by atoms with E-state index in [-0.39, 0.29) is 42.2 Å². The molecule has 2 amide bonds. The van der Waals surface area contributed by atoms with Gasteiger partial charge in [-0.2, -0.15) is 0 Å². The number of methoxy groups -OCH3 is 1. The number of piperidine rings is 3. The number of rotatable bonds is 7. The van der Waals surface area contributed by atoms with E-state index in [4.69, 9.17) is 9.47 Å². The van der Waals surface area contributed by atoms with E-state index < -0.39 is 12.2 Å². The zero-order valence-corrected chi connectivity index (χ0v) is 29.9. The number of nitrogens with zero attached hydrogens (tertiary/aromatic N) is 4. The van der Waals surface area contributed by atoms with Gasteiger partial charge >= 0.3 is 12.1 Å². The van der Waals surface area contributed by atoms with Gasteiger partial charge in [-0.1, -0.05) is 43.3 Å². The molecule has 2 aromatic rings. The van der Waals surface area contributed by atoms with Gasteiger partial charge in [0.05, 0.1) is 12.9 Å². The molecule has 11 nitrogen and oxygen atoms in total. The first-order valence-electron chi connectivity index (χ1n) is 18.3. The summed E-state index contributed by atoms with van der Waals surface area (Å²) in [5.41, 5.74) is 4.63. The topological polar surface area (TPSA) is 115 Å². The Morgan fingerprint density at radius 3 is 2.26 bits per heavy atom. The predicted molar refractivity (Wildman–Crippen MR) is 192 cm³/mol. The molecular formula is C39H53N5O6. The molecule has 11 heteroatoms. The Labute approximate surface area is 296 Å². The van der Waals surface area contributed by atoms with Crippen LogP contribution in [0, 0.1) is 13.8 Å². The number of hydrogen-bond donors (Lipinski definition) is 2. The van der Waals surface area contributed by atoms with Crippen LogP contribution in [0.2, 0.25) is 0 Å². The molecule has 0 saturated carbocycles. The summed E-state index contributed by atoms with van der Waals surface area (Å²) in [7, 11) is 1.45. The number of para-hydroxylation sites is 1. The first kappa shape index (κ1) is 35.6. The molecule has 4 heterocycles. The highest BCUT2D eigenvalue weighted by molar-refractivity contribution is 5.84. The van der Waals surface area contributed by atoms with Crippen LogP contribution in [0.5, 0.6) is 5.75 Å². The normalized spacial score (nSPS) is 21.5. The van der Waals surface area contributed by atoms with Crippen LogP contribution in [-0.4, -0.2) is 113 Å². The molecule has 2 N–H and O–H groups in total. The number of hydrogen-bond acceptors (Lipinski definition) is 9. The van der Waals surface area contributed by atoms with Crippen molar-refractivity contribution in [2.45, 2.75) is 95.9 Å². The maximum absolute atomic E-state index is 14.2. The van der Waals surface area contributed by atoms with Crippen molar-refractivity contribution in [2.24, 2.45) is 0 Å². The number of carbonyl (C=O) groups is 3. The molecule has 0 unspecified atom stereocenters. The lowest BCUT2D eigenvalue weighted by Gasteiger charge is -2.44. The molecule has 3 fully saturated rings. The Bertz CT molecular complexity index is 1540. The molecule has 4 aliphatic heterocycles. The summed E-state index contributed by atoms with van der Waals surface area (Å²) in [5.74, 6) is 0.723. The van der Waals surface area contributed by atoms with E-state index in [1.807, 2.05) is 36.9 Å². The zero-order valence-electron chi connectivity index (χ0n) is 29.9. The Morgan fingerprint density at radius 1 is 0.900 bits per heavy atom. The lowest BCUT2D eigenvalue weighted by Crippen LogP contribution is -2.55. The van der Waals surface area contributed by atoms with Crippen LogP contribution in [0.4, 0.5) is 10.5 Å². The maximum Gasteiger partial charge on any atom is 0.410 e. The van der Waals surface area contributed by atoms with E-state index in [1.165, 1.54) is 12.7 Å². The van der Waals surface area contributed by atoms with Gasteiger partial charge in [0.2, 0.25) is 0 Å². The predicted octanol–water partition coefficient (Wildman–Crippen LogP) is 4.98. The summed E-state index contributed by atoms with van der Waals surface area (Å²) in [4.78, 5) is 48.5. The van der Waals surface area contributed by atoms with Gasteiger partial charge < -0.3 is 34.6 Å². The van der Waals surface area contributed by atoms with Crippen LogP contribution < -0.4 is 5.32 Å². The van der Waals surface area contributed by atoms with Gasteiger partial charge in [-0.3, -0.25) is 14.5 Å². The fourth-order valence-corrected chi connectivity index (χ4v) is 8.38. The summed E-state index contributed by atoms with van der Waals surface area (Å²) >= 11 is 0. The van der Waals surface area contributed by atoms with Crippen molar-refractivity contribution in [3.8, 4) is 5.75 Å². The average Bonchev–Trinajstić information content (AvgIpc) is 3.31. The number of nitrogens with one attached hydrogen (secondary N) is 1. The largest absolute Gasteiger partial charge is 0.507 e. The fourth-order valence-electron chi connectivity index (χ4n) is 8.38. The van der Waals surface area contributed by atoms with Gasteiger partial charge in [0, 0.05) is 56.9 Å².